The number of carboxylic acids is 1. The molecule has 0 atom stereocenters. The van der Waals surface area contributed by atoms with Gasteiger partial charge in [-0.05, 0) is 55.7 Å². The highest BCUT2D eigenvalue weighted by molar-refractivity contribution is 6.34. The average molecular weight is 481 g/mol. The highest BCUT2D eigenvalue weighted by atomic mass is 35.5. The summed E-state index contributed by atoms with van der Waals surface area (Å²) in [6.45, 7) is 7.04. The minimum Gasteiger partial charge on any atom is -0.478 e. The van der Waals surface area contributed by atoms with Crippen molar-refractivity contribution in [1.82, 2.24) is 14.5 Å². The number of carboxylic acid groups (broad SMARTS) is 1. The van der Waals surface area contributed by atoms with Crippen molar-refractivity contribution < 1.29 is 14.3 Å². The van der Waals surface area contributed by atoms with Crippen LogP contribution in [-0.4, -0.2) is 32.2 Å². The first kappa shape index (κ1) is 23.7. The number of fused-ring (bicyclic) bond motifs is 1. The Morgan fingerprint density at radius 2 is 1.97 bits per heavy atom. The number of anilines is 1. The zero-order valence-corrected chi connectivity index (χ0v) is 20.1. The highest BCUT2D eigenvalue weighted by Gasteiger charge is 2.17. The molecule has 176 valence electrons. The Bertz CT molecular complexity index is 1380. The largest absolute Gasteiger partial charge is 0.478 e. The molecule has 2 heterocycles. The number of aromatic nitrogens is 3. The molecule has 8 heteroatoms. The first-order chi connectivity index (χ1) is 16.3. The van der Waals surface area contributed by atoms with Gasteiger partial charge in [0, 0.05) is 35.8 Å². The third kappa shape index (κ3) is 4.61. The molecule has 0 aliphatic rings. The van der Waals surface area contributed by atoms with Gasteiger partial charge in [0.2, 0.25) is 0 Å². The lowest BCUT2D eigenvalue weighted by Gasteiger charge is -2.13. The van der Waals surface area contributed by atoms with Gasteiger partial charge in [-0.3, -0.25) is 0 Å². The molecular weight excluding hydrogens is 455 g/mol. The lowest BCUT2D eigenvalue weighted by molar-refractivity contribution is 0.0696. The molecule has 0 unspecified atom stereocenters. The molecule has 34 heavy (non-hydrogen) atoms. The SMILES string of the molecule is CCCc1cc(-c2cc(NCCn3c(C)cc4c(C)ccc(F)c43)ncn2)cc(Cl)c1C(=O)O. The maximum Gasteiger partial charge on any atom is 0.337 e. The summed E-state index contributed by atoms with van der Waals surface area (Å²) in [6, 6.07) is 10.6. The van der Waals surface area contributed by atoms with E-state index in [0.29, 0.717) is 42.1 Å². The molecule has 0 spiro atoms. The molecule has 0 fully saturated rings. The molecule has 0 aliphatic heterocycles. The van der Waals surface area contributed by atoms with Gasteiger partial charge in [0.15, 0.2) is 0 Å². The predicted octanol–water partition coefficient (Wildman–Crippen LogP) is 6.27. The van der Waals surface area contributed by atoms with Crippen LogP contribution < -0.4 is 5.32 Å². The van der Waals surface area contributed by atoms with Gasteiger partial charge in [-0.25, -0.2) is 19.2 Å². The molecule has 0 radical (unpaired) electrons. The van der Waals surface area contributed by atoms with Crippen molar-refractivity contribution in [3.63, 3.8) is 0 Å². The van der Waals surface area contributed by atoms with E-state index in [0.717, 1.165) is 28.6 Å². The molecule has 0 saturated heterocycles. The Balaban J connectivity index is 1.56. The van der Waals surface area contributed by atoms with Gasteiger partial charge < -0.3 is 15.0 Å². The minimum absolute atomic E-state index is 0.136. The molecule has 2 aromatic heterocycles. The van der Waals surface area contributed by atoms with Crippen molar-refractivity contribution >= 4 is 34.3 Å². The third-order valence-electron chi connectivity index (χ3n) is 5.94. The van der Waals surface area contributed by atoms with Gasteiger partial charge in [-0.1, -0.05) is 31.0 Å². The van der Waals surface area contributed by atoms with E-state index in [1.54, 1.807) is 18.2 Å². The Morgan fingerprint density at radius 3 is 2.71 bits per heavy atom. The van der Waals surface area contributed by atoms with Crippen LogP contribution in [-0.2, 0) is 13.0 Å². The Hall–Kier alpha value is -3.45. The van der Waals surface area contributed by atoms with Crippen molar-refractivity contribution in [2.75, 3.05) is 11.9 Å². The second kappa shape index (κ2) is 9.81. The predicted molar refractivity (Wildman–Crippen MR) is 133 cm³/mol. The van der Waals surface area contributed by atoms with Gasteiger partial charge in [-0.2, -0.15) is 0 Å². The molecule has 0 bridgehead atoms. The summed E-state index contributed by atoms with van der Waals surface area (Å²) in [5.41, 5.74) is 4.83. The first-order valence-corrected chi connectivity index (χ1v) is 11.5. The lowest BCUT2D eigenvalue weighted by Crippen LogP contribution is -2.13. The maximum absolute atomic E-state index is 14.5. The second-order valence-electron chi connectivity index (χ2n) is 8.33. The van der Waals surface area contributed by atoms with Crippen LogP contribution in [0.15, 0.2) is 42.7 Å². The van der Waals surface area contributed by atoms with E-state index in [2.05, 4.69) is 15.3 Å². The molecule has 2 N–H and O–H groups in total. The summed E-state index contributed by atoms with van der Waals surface area (Å²) < 4.78 is 16.5. The minimum atomic E-state index is -1.04. The average Bonchev–Trinajstić information content (AvgIpc) is 3.13. The monoisotopic (exact) mass is 480 g/mol. The summed E-state index contributed by atoms with van der Waals surface area (Å²) in [4.78, 5) is 20.3. The van der Waals surface area contributed by atoms with Crippen LogP contribution in [0.4, 0.5) is 10.2 Å². The molecular formula is C26H26ClFN4O2. The number of hydrogen-bond donors (Lipinski definition) is 2. The molecule has 0 aliphatic carbocycles. The molecule has 6 nitrogen and oxygen atoms in total. The summed E-state index contributed by atoms with van der Waals surface area (Å²) in [7, 11) is 0. The number of aryl methyl sites for hydroxylation is 3. The second-order valence-corrected chi connectivity index (χ2v) is 8.73. The molecule has 4 aromatic rings. The number of rotatable bonds is 8. The van der Waals surface area contributed by atoms with Crippen molar-refractivity contribution in [1.29, 1.82) is 0 Å². The van der Waals surface area contributed by atoms with E-state index >= 15 is 0 Å². The van der Waals surface area contributed by atoms with Crippen LogP contribution in [0.5, 0.6) is 0 Å². The van der Waals surface area contributed by atoms with Crippen LogP contribution >= 0.6 is 11.6 Å². The van der Waals surface area contributed by atoms with E-state index in [4.69, 9.17) is 11.6 Å². The number of nitrogens with zero attached hydrogens (tertiary/aromatic N) is 3. The summed E-state index contributed by atoms with van der Waals surface area (Å²) >= 11 is 6.31. The van der Waals surface area contributed by atoms with Crippen LogP contribution in [0.25, 0.3) is 22.2 Å². The van der Waals surface area contributed by atoms with Crippen LogP contribution in [0.2, 0.25) is 5.02 Å². The van der Waals surface area contributed by atoms with Gasteiger partial charge in [0.05, 0.1) is 21.8 Å². The normalized spacial score (nSPS) is 11.2. The van der Waals surface area contributed by atoms with Crippen LogP contribution in [0.1, 0.15) is 40.5 Å². The van der Waals surface area contributed by atoms with Crippen molar-refractivity contribution in [2.24, 2.45) is 0 Å². The van der Waals surface area contributed by atoms with Gasteiger partial charge in [0.25, 0.3) is 0 Å². The third-order valence-corrected chi connectivity index (χ3v) is 6.24. The van der Waals surface area contributed by atoms with Crippen LogP contribution in [0.3, 0.4) is 0 Å². The van der Waals surface area contributed by atoms with E-state index in [1.807, 2.05) is 37.5 Å². The molecule has 0 saturated carbocycles. The fourth-order valence-corrected chi connectivity index (χ4v) is 4.64. The standard InChI is InChI=1S/C26H26ClFN4O2/c1-4-5-17-11-18(12-20(27)24(17)26(33)34)22-13-23(31-14-30-22)29-8-9-32-16(3)10-19-15(2)6-7-21(28)25(19)32/h6-7,10-14H,4-5,8-9H2,1-3H3,(H,33,34)(H,29,30,31). The van der Waals surface area contributed by atoms with Gasteiger partial charge in [0.1, 0.15) is 18.0 Å². The highest BCUT2D eigenvalue weighted by Crippen LogP contribution is 2.30. The number of nitrogens with one attached hydrogen (secondary N) is 1. The quantitative estimate of drug-likeness (QED) is 0.310. The number of aromatic carboxylic acids is 1. The van der Waals surface area contributed by atoms with E-state index in [1.165, 1.54) is 12.4 Å². The topological polar surface area (TPSA) is 80.0 Å². The van der Waals surface area contributed by atoms with Gasteiger partial charge >= 0.3 is 5.97 Å². The van der Waals surface area contributed by atoms with E-state index in [9.17, 15) is 14.3 Å². The fourth-order valence-electron chi connectivity index (χ4n) is 4.32. The Labute approximate surface area is 202 Å². The van der Waals surface area contributed by atoms with E-state index in [-0.39, 0.29) is 16.4 Å². The van der Waals surface area contributed by atoms with Gasteiger partial charge in [-0.15, -0.1) is 0 Å². The molecule has 4 rings (SSSR count). The van der Waals surface area contributed by atoms with E-state index < -0.39 is 5.97 Å². The maximum atomic E-state index is 14.5. The zero-order chi connectivity index (χ0) is 24.4. The summed E-state index contributed by atoms with van der Waals surface area (Å²) in [5.74, 6) is -0.654. The first-order valence-electron chi connectivity index (χ1n) is 11.2. The van der Waals surface area contributed by atoms with Crippen molar-refractivity contribution in [3.05, 3.63) is 75.9 Å². The molecule has 0 amide bonds. The summed E-state index contributed by atoms with van der Waals surface area (Å²) in [6.07, 6.45) is 2.85. The number of hydrogen-bond acceptors (Lipinski definition) is 4. The summed E-state index contributed by atoms with van der Waals surface area (Å²) in [5, 5.41) is 13.9. The molecule has 2 aromatic carbocycles. The lowest BCUT2D eigenvalue weighted by atomic mass is 9.98. The van der Waals surface area contributed by atoms with Crippen LogP contribution in [0, 0.1) is 19.7 Å². The fraction of sp³-hybridized carbons (Fsp3) is 0.269. The Kier molecular flexibility index (Phi) is 6.84. The number of carbonyl (C=O) groups is 1. The Morgan fingerprint density at radius 1 is 1.18 bits per heavy atom. The van der Waals surface area contributed by atoms with Crippen molar-refractivity contribution in [3.8, 4) is 11.3 Å². The van der Waals surface area contributed by atoms with Crippen molar-refractivity contribution in [2.45, 2.75) is 40.2 Å². The number of benzene rings is 2. The number of halogens is 2. The zero-order valence-electron chi connectivity index (χ0n) is 19.3. The smallest absolute Gasteiger partial charge is 0.337 e.